The lowest BCUT2D eigenvalue weighted by atomic mass is 10.1. The van der Waals surface area contributed by atoms with Gasteiger partial charge in [-0.05, 0) is 19.1 Å². The Balaban J connectivity index is 2.71. The van der Waals surface area contributed by atoms with E-state index in [1.165, 1.54) is 0 Å². The van der Waals surface area contributed by atoms with Gasteiger partial charge in [0.05, 0.1) is 18.8 Å². The van der Waals surface area contributed by atoms with Crippen molar-refractivity contribution in [3.05, 3.63) is 18.3 Å². The van der Waals surface area contributed by atoms with Gasteiger partial charge in [-0.15, -0.1) is 23.2 Å². The van der Waals surface area contributed by atoms with Crippen molar-refractivity contribution in [3.63, 3.8) is 0 Å². The van der Waals surface area contributed by atoms with Crippen molar-refractivity contribution in [2.75, 3.05) is 24.2 Å². The molecule has 0 atom stereocenters. The highest BCUT2D eigenvalue weighted by molar-refractivity contribution is 6.22. The number of ether oxygens (including phenoxy) is 1. The van der Waals surface area contributed by atoms with Crippen LogP contribution < -0.4 is 10.1 Å². The van der Waals surface area contributed by atoms with Crippen molar-refractivity contribution in [2.45, 2.75) is 12.5 Å². The van der Waals surface area contributed by atoms with E-state index in [1.807, 2.05) is 19.1 Å². The van der Waals surface area contributed by atoms with E-state index in [4.69, 9.17) is 27.9 Å². The van der Waals surface area contributed by atoms with E-state index in [1.54, 1.807) is 13.3 Å². The molecule has 0 spiro atoms. The number of pyridine rings is 1. The molecule has 0 saturated heterocycles. The summed E-state index contributed by atoms with van der Waals surface area (Å²) in [5.41, 5.74) is -0.343. The first-order valence-corrected chi connectivity index (χ1v) is 5.60. The number of hydrogen-bond donors (Lipinski definition) is 1. The fourth-order valence-electron chi connectivity index (χ4n) is 0.987. The van der Waals surface area contributed by atoms with Gasteiger partial charge in [0.25, 0.3) is 0 Å². The van der Waals surface area contributed by atoms with Crippen LogP contribution in [0.5, 0.6) is 5.75 Å². The van der Waals surface area contributed by atoms with Crippen LogP contribution >= 0.6 is 23.2 Å². The van der Waals surface area contributed by atoms with Crippen LogP contribution in [-0.2, 0) is 0 Å². The Hall–Kier alpha value is -0.670. The average molecular weight is 249 g/mol. The molecule has 5 heteroatoms. The highest BCUT2D eigenvalue weighted by Crippen LogP contribution is 2.18. The number of anilines is 1. The van der Waals surface area contributed by atoms with E-state index in [0.717, 1.165) is 11.6 Å². The predicted octanol–water partition coefficient (Wildman–Crippen LogP) is 2.74. The number of nitrogens with one attached hydrogen (secondary N) is 1. The normalized spacial score (nSPS) is 11.2. The van der Waals surface area contributed by atoms with E-state index in [2.05, 4.69) is 10.3 Å². The first-order valence-electron chi connectivity index (χ1n) is 4.54. The molecule has 0 radical (unpaired) electrons. The molecular weight excluding hydrogens is 235 g/mol. The molecule has 15 heavy (non-hydrogen) atoms. The van der Waals surface area contributed by atoms with Crippen molar-refractivity contribution in [3.8, 4) is 5.75 Å². The summed E-state index contributed by atoms with van der Waals surface area (Å²) in [5, 5.41) is 3.18. The Morgan fingerprint density at radius 1 is 1.40 bits per heavy atom. The first kappa shape index (κ1) is 12.4. The lowest BCUT2D eigenvalue weighted by Gasteiger charge is -2.26. The van der Waals surface area contributed by atoms with Crippen LogP contribution in [-0.4, -0.2) is 29.4 Å². The highest BCUT2D eigenvalue weighted by atomic mass is 35.5. The number of methoxy groups -OCH3 is 1. The van der Waals surface area contributed by atoms with Gasteiger partial charge in [0, 0.05) is 11.8 Å². The lowest BCUT2D eigenvalue weighted by molar-refractivity contribution is 0.413. The molecule has 0 aliphatic rings. The molecule has 0 saturated carbocycles. The summed E-state index contributed by atoms with van der Waals surface area (Å²) in [5.74, 6) is 2.30. The van der Waals surface area contributed by atoms with Crippen molar-refractivity contribution in [1.29, 1.82) is 0 Å². The average Bonchev–Trinajstić information content (AvgIpc) is 2.30. The monoisotopic (exact) mass is 248 g/mol. The predicted molar refractivity (Wildman–Crippen MR) is 64.3 cm³/mol. The molecule has 84 valence electrons. The Morgan fingerprint density at radius 3 is 2.47 bits per heavy atom. The Bertz CT molecular complexity index is 299. The number of hydrogen-bond acceptors (Lipinski definition) is 3. The minimum absolute atomic E-state index is 0.343. The second-order valence-electron chi connectivity index (χ2n) is 3.54. The summed E-state index contributed by atoms with van der Waals surface area (Å²) >= 11 is 11.6. The standard InChI is InChI=1S/C10H14Cl2N2O/c1-10(6-11,7-12)14-9-4-3-8(15-2)5-13-9/h3-5H,6-7H2,1-2H3,(H,13,14). The molecule has 1 heterocycles. The fourth-order valence-corrected chi connectivity index (χ4v) is 1.41. The van der Waals surface area contributed by atoms with Crippen molar-refractivity contribution >= 4 is 29.0 Å². The van der Waals surface area contributed by atoms with Gasteiger partial charge in [0.15, 0.2) is 0 Å². The SMILES string of the molecule is COc1ccc(NC(C)(CCl)CCl)nc1. The Kier molecular flexibility index (Phi) is 4.48. The number of aromatic nitrogens is 1. The van der Waals surface area contributed by atoms with Gasteiger partial charge >= 0.3 is 0 Å². The van der Waals surface area contributed by atoms with Gasteiger partial charge in [-0.3, -0.25) is 0 Å². The van der Waals surface area contributed by atoms with Crippen LogP contribution in [0.2, 0.25) is 0 Å². The minimum Gasteiger partial charge on any atom is -0.495 e. The van der Waals surface area contributed by atoms with Crippen molar-refractivity contribution < 1.29 is 4.74 Å². The molecule has 0 unspecified atom stereocenters. The number of nitrogens with zero attached hydrogens (tertiary/aromatic N) is 1. The first-order chi connectivity index (χ1) is 7.13. The third kappa shape index (κ3) is 3.43. The van der Waals surface area contributed by atoms with Crippen LogP contribution in [0.15, 0.2) is 18.3 Å². The maximum Gasteiger partial charge on any atom is 0.137 e. The molecular formula is C10H14Cl2N2O. The van der Waals surface area contributed by atoms with Gasteiger partial charge in [-0.2, -0.15) is 0 Å². The second kappa shape index (κ2) is 5.42. The van der Waals surface area contributed by atoms with Gasteiger partial charge in [0.2, 0.25) is 0 Å². The summed E-state index contributed by atoms with van der Waals surface area (Å²) in [6, 6.07) is 3.66. The quantitative estimate of drug-likeness (QED) is 0.814. The lowest BCUT2D eigenvalue weighted by Crippen LogP contribution is -2.39. The largest absolute Gasteiger partial charge is 0.495 e. The van der Waals surface area contributed by atoms with Gasteiger partial charge in [-0.25, -0.2) is 4.98 Å². The van der Waals surface area contributed by atoms with Crippen LogP contribution in [0.4, 0.5) is 5.82 Å². The van der Waals surface area contributed by atoms with E-state index < -0.39 is 0 Å². The maximum atomic E-state index is 5.82. The number of alkyl halides is 2. The van der Waals surface area contributed by atoms with Gasteiger partial charge in [-0.1, -0.05) is 0 Å². The third-order valence-electron chi connectivity index (χ3n) is 1.99. The molecule has 0 bridgehead atoms. The van der Waals surface area contributed by atoms with E-state index >= 15 is 0 Å². The number of halogens is 2. The highest BCUT2D eigenvalue weighted by Gasteiger charge is 2.21. The summed E-state index contributed by atoms with van der Waals surface area (Å²) < 4.78 is 5.01. The van der Waals surface area contributed by atoms with Crippen LogP contribution in [0.1, 0.15) is 6.92 Å². The smallest absolute Gasteiger partial charge is 0.137 e. The molecule has 1 aromatic heterocycles. The molecule has 0 aliphatic heterocycles. The third-order valence-corrected chi connectivity index (χ3v) is 3.17. The molecule has 0 aromatic carbocycles. The molecule has 1 N–H and O–H groups in total. The maximum absolute atomic E-state index is 5.82. The van der Waals surface area contributed by atoms with E-state index in [0.29, 0.717) is 11.8 Å². The Labute approximate surface area is 99.7 Å². The Morgan fingerprint density at radius 2 is 2.07 bits per heavy atom. The molecule has 3 nitrogen and oxygen atoms in total. The van der Waals surface area contributed by atoms with E-state index in [9.17, 15) is 0 Å². The summed E-state index contributed by atoms with van der Waals surface area (Å²) in [4.78, 5) is 4.18. The van der Waals surface area contributed by atoms with Gasteiger partial charge in [0.1, 0.15) is 11.6 Å². The van der Waals surface area contributed by atoms with Crippen molar-refractivity contribution in [2.24, 2.45) is 0 Å². The zero-order valence-electron chi connectivity index (χ0n) is 8.76. The molecule has 0 amide bonds. The van der Waals surface area contributed by atoms with Crippen molar-refractivity contribution in [1.82, 2.24) is 4.98 Å². The summed E-state index contributed by atoms with van der Waals surface area (Å²) in [6.07, 6.45) is 1.64. The second-order valence-corrected chi connectivity index (χ2v) is 4.07. The minimum atomic E-state index is -0.343. The topological polar surface area (TPSA) is 34.1 Å². The molecule has 0 fully saturated rings. The van der Waals surface area contributed by atoms with Crippen LogP contribution in [0, 0.1) is 0 Å². The summed E-state index contributed by atoms with van der Waals surface area (Å²) in [7, 11) is 1.60. The molecule has 1 rings (SSSR count). The molecule has 1 aromatic rings. The van der Waals surface area contributed by atoms with E-state index in [-0.39, 0.29) is 5.54 Å². The summed E-state index contributed by atoms with van der Waals surface area (Å²) in [6.45, 7) is 1.94. The van der Waals surface area contributed by atoms with Crippen LogP contribution in [0.3, 0.4) is 0 Å². The molecule has 0 aliphatic carbocycles. The van der Waals surface area contributed by atoms with Crippen LogP contribution in [0.25, 0.3) is 0 Å². The zero-order valence-corrected chi connectivity index (χ0v) is 10.3. The zero-order chi connectivity index (χ0) is 11.3. The fraction of sp³-hybridized carbons (Fsp3) is 0.500. The van der Waals surface area contributed by atoms with Gasteiger partial charge < -0.3 is 10.1 Å². The number of rotatable bonds is 5.